The van der Waals surface area contributed by atoms with E-state index in [9.17, 15) is 5.11 Å². The van der Waals surface area contributed by atoms with E-state index in [1.165, 1.54) is 5.56 Å². The molecule has 1 fully saturated rings. The highest BCUT2D eigenvalue weighted by Gasteiger charge is 2.23. The third-order valence-corrected chi connectivity index (χ3v) is 5.10. The van der Waals surface area contributed by atoms with Crippen molar-refractivity contribution in [2.45, 2.75) is 25.5 Å². The van der Waals surface area contributed by atoms with Crippen molar-refractivity contribution in [2.75, 3.05) is 26.3 Å². The number of hydrogen-bond donors (Lipinski definition) is 1. The topological polar surface area (TPSA) is 54.8 Å². The van der Waals surface area contributed by atoms with E-state index >= 15 is 0 Å². The molecule has 1 N–H and O–H groups in total. The zero-order chi connectivity index (χ0) is 17.1. The van der Waals surface area contributed by atoms with Gasteiger partial charge in [0.05, 0.1) is 0 Å². The molecule has 0 bridgehead atoms. The summed E-state index contributed by atoms with van der Waals surface area (Å²) in [4.78, 5) is 6.69. The normalized spacial score (nSPS) is 21.2. The van der Waals surface area contributed by atoms with Gasteiger partial charge in [-0.05, 0) is 55.1 Å². The maximum atomic E-state index is 9.24. The van der Waals surface area contributed by atoms with Gasteiger partial charge in [0.15, 0.2) is 11.9 Å². The molecule has 5 nitrogen and oxygen atoms in total. The summed E-state index contributed by atoms with van der Waals surface area (Å²) in [5.74, 6) is 1.76. The third-order valence-electron chi connectivity index (χ3n) is 5.10. The Bertz CT molecular complexity index is 696. The number of aliphatic hydroxyl groups is 1. The Morgan fingerprint density at radius 3 is 2.68 bits per heavy atom. The van der Waals surface area contributed by atoms with Crippen LogP contribution >= 0.6 is 0 Å². The molecule has 1 aromatic heterocycles. The molecule has 3 heterocycles. The van der Waals surface area contributed by atoms with Crippen LogP contribution in [0.5, 0.6) is 11.6 Å². The lowest BCUT2D eigenvalue weighted by molar-refractivity contribution is 0.0850. The first-order chi connectivity index (χ1) is 12.3. The number of aliphatic hydroxyl groups excluding tert-OH is 1. The van der Waals surface area contributed by atoms with Gasteiger partial charge in [-0.25, -0.2) is 4.98 Å². The molecule has 1 atom stereocenters. The summed E-state index contributed by atoms with van der Waals surface area (Å²) in [5.41, 5.74) is 2.42. The molecule has 5 heteroatoms. The summed E-state index contributed by atoms with van der Waals surface area (Å²) in [6, 6.07) is 12.3. The van der Waals surface area contributed by atoms with E-state index in [4.69, 9.17) is 9.47 Å². The lowest BCUT2D eigenvalue weighted by Crippen LogP contribution is -2.34. The van der Waals surface area contributed by atoms with Crippen molar-refractivity contribution in [3.63, 3.8) is 0 Å². The van der Waals surface area contributed by atoms with Crippen LogP contribution in [0.3, 0.4) is 0 Å². The molecule has 25 heavy (non-hydrogen) atoms. The van der Waals surface area contributed by atoms with Gasteiger partial charge in [-0.1, -0.05) is 24.3 Å². The molecule has 0 saturated carbocycles. The van der Waals surface area contributed by atoms with Gasteiger partial charge in [0.2, 0.25) is 0 Å². The fraction of sp³-hybridized carbons (Fsp3) is 0.450. The number of nitrogens with zero attached hydrogens (tertiary/aromatic N) is 2. The predicted molar refractivity (Wildman–Crippen MR) is 94.6 cm³/mol. The number of benzene rings is 1. The Balaban J connectivity index is 1.36. The second-order valence-corrected chi connectivity index (χ2v) is 6.87. The van der Waals surface area contributed by atoms with Gasteiger partial charge in [-0.15, -0.1) is 0 Å². The molecule has 0 aliphatic carbocycles. The first-order valence-corrected chi connectivity index (χ1v) is 8.98. The van der Waals surface area contributed by atoms with Crippen LogP contribution in [-0.2, 0) is 6.54 Å². The first-order valence-electron chi connectivity index (χ1n) is 8.98. The second-order valence-electron chi connectivity index (χ2n) is 6.87. The van der Waals surface area contributed by atoms with Crippen LogP contribution in [-0.4, -0.2) is 41.3 Å². The van der Waals surface area contributed by atoms with Crippen LogP contribution < -0.4 is 9.47 Å². The van der Waals surface area contributed by atoms with Gasteiger partial charge >= 0.3 is 0 Å². The predicted octanol–water partition coefficient (Wildman–Crippen LogP) is 2.80. The summed E-state index contributed by atoms with van der Waals surface area (Å²) in [6.07, 6.45) is 3.78. The Morgan fingerprint density at radius 2 is 1.92 bits per heavy atom. The molecule has 2 aliphatic heterocycles. The average molecular weight is 340 g/mol. The fourth-order valence-corrected chi connectivity index (χ4v) is 3.50. The Kier molecular flexibility index (Phi) is 4.85. The number of aromatic nitrogens is 1. The van der Waals surface area contributed by atoms with Crippen LogP contribution in [0, 0.1) is 5.92 Å². The molecule has 0 radical (unpaired) electrons. The molecule has 1 unspecified atom stereocenters. The van der Waals surface area contributed by atoms with E-state index in [0.717, 1.165) is 38.0 Å². The molecule has 2 aromatic rings. The molecule has 1 saturated heterocycles. The summed E-state index contributed by atoms with van der Waals surface area (Å²) in [7, 11) is 0. The molecular formula is C20H24N2O3. The van der Waals surface area contributed by atoms with Gasteiger partial charge < -0.3 is 14.6 Å². The molecular weight excluding hydrogens is 316 g/mol. The maximum absolute atomic E-state index is 9.24. The van der Waals surface area contributed by atoms with Crippen LogP contribution in [0.4, 0.5) is 0 Å². The van der Waals surface area contributed by atoms with E-state index in [1.807, 2.05) is 12.1 Å². The minimum absolute atomic E-state index is 0.114. The highest BCUT2D eigenvalue weighted by atomic mass is 16.6. The van der Waals surface area contributed by atoms with E-state index in [2.05, 4.69) is 34.1 Å². The van der Waals surface area contributed by atoms with E-state index < -0.39 is 0 Å². The highest BCUT2D eigenvalue weighted by molar-refractivity contribution is 5.35. The number of likely N-dealkylation sites (tertiary alicyclic amines) is 1. The quantitative estimate of drug-likeness (QED) is 0.927. The van der Waals surface area contributed by atoms with Crippen molar-refractivity contribution in [3.05, 3.63) is 53.7 Å². The van der Waals surface area contributed by atoms with Crippen molar-refractivity contribution in [3.8, 4) is 11.6 Å². The van der Waals surface area contributed by atoms with E-state index in [1.54, 1.807) is 6.20 Å². The Morgan fingerprint density at radius 1 is 1.12 bits per heavy atom. The minimum Gasteiger partial charge on any atom is -0.484 e. The summed E-state index contributed by atoms with van der Waals surface area (Å²) >= 11 is 0. The number of piperidine rings is 1. The SMILES string of the molecule is OCC1CCN(Cc2ccc(C3COc4cccnc4O3)cc2)CC1. The second kappa shape index (κ2) is 7.42. The number of ether oxygens (including phenoxy) is 2. The average Bonchev–Trinajstić information content (AvgIpc) is 2.69. The van der Waals surface area contributed by atoms with Crippen molar-refractivity contribution in [1.82, 2.24) is 9.88 Å². The number of fused-ring (bicyclic) bond motifs is 1. The largest absolute Gasteiger partial charge is 0.484 e. The van der Waals surface area contributed by atoms with Crippen molar-refractivity contribution in [1.29, 1.82) is 0 Å². The molecule has 0 spiro atoms. The van der Waals surface area contributed by atoms with Crippen LogP contribution in [0.1, 0.15) is 30.1 Å². The number of pyridine rings is 1. The van der Waals surface area contributed by atoms with Gasteiger partial charge in [0.1, 0.15) is 6.61 Å². The zero-order valence-corrected chi connectivity index (χ0v) is 14.3. The van der Waals surface area contributed by atoms with E-state index in [0.29, 0.717) is 30.8 Å². The lowest BCUT2D eigenvalue weighted by Gasteiger charge is -2.31. The highest BCUT2D eigenvalue weighted by Crippen LogP contribution is 2.34. The summed E-state index contributed by atoms with van der Waals surface area (Å²) in [6.45, 7) is 3.92. The number of hydrogen-bond acceptors (Lipinski definition) is 5. The fourth-order valence-electron chi connectivity index (χ4n) is 3.50. The van der Waals surface area contributed by atoms with Gasteiger partial charge in [-0.3, -0.25) is 4.90 Å². The minimum atomic E-state index is -0.114. The standard InChI is InChI=1S/C20H24N2O3/c23-13-16-7-10-22(11-8-16)12-15-3-5-17(6-4-15)19-14-24-18-2-1-9-21-20(18)25-19/h1-6,9,16,19,23H,7-8,10-14H2. The lowest BCUT2D eigenvalue weighted by atomic mass is 9.97. The van der Waals surface area contributed by atoms with Gasteiger partial charge in [-0.2, -0.15) is 0 Å². The summed E-state index contributed by atoms with van der Waals surface area (Å²) in [5, 5.41) is 9.24. The van der Waals surface area contributed by atoms with Crippen molar-refractivity contribution >= 4 is 0 Å². The van der Waals surface area contributed by atoms with E-state index in [-0.39, 0.29) is 6.10 Å². The van der Waals surface area contributed by atoms with Crippen LogP contribution in [0.15, 0.2) is 42.6 Å². The molecule has 1 aromatic carbocycles. The third kappa shape index (κ3) is 3.78. The van der Waals surface area contributed by atoms with Crippen LogP contribution in [0.2, 0.25) is 0 Å². The molecule has 132 valence electrons. The Labute approximate surface area is 148 Å². The Hall–Kier alpha value is -2.11. The molecule has 2 aliphatic rings. The smallest absolute Gasteiger partial charge is 0.257 e. The molecule has 4 rings (SSSR count). The monoisotopic (exact) mass is 340 g/mol. The molecule has 0 amide bonds. The zero-order valence-electron chi connectivity index (χ0n) is 14.3. The van der Waals surface area contributed by atoms with Crippen LogP contribution in [0.25, 0.3) is 0 Å². The maximum Gasteiger partial charge on any atom is 0.257 e. The summed E-state index contributed by atoms with van der Waals surface area (Å²) < 4.78 is 11.7. The van der Waals surface area contributed by atoms with Gasteiger partial charge in [0.25, 0.3) is 5.88 Å². The first kappa shape index (κ1) is 16.4. The van der Waals surface area contributed by atoms with Gasteiger partial charge in [0, 0.05) is 19.3 Å². The van der Waals surface area contributed by atoms with Crippen molar-refractivity contribution < 1.29 is 14.6 Å². The van der Waals surface area contributed by atoms with Crippen molar-refractivity contribution in [2.24, 2.45) is 5.92 Å². The number of rotatable bonds is 4.